The number of benzene rings is 1. The number of rotatable bonds is 2. The fraction of sp³-hybridized carbons (Fsp3) is 0.526. The molecular formula is C19H24N2O2. The molecule has 4 rings (SSSR count). The molecule has 3 atom stereocenters. The number of nitrogens with one attached hydrogen (secondary N) is 1. The predicted molar refractivity (Wildman–Crippen MR) is 90.3 cm³/mol. The second-order valence-electron chi connectivity index (χ2n) is 7.02. The van der Waals surface area contributed by atoms with E-state index in [1.165, 1.54) is 11.1 Å². The first-order valence-electron chi connectivity index (χ1n) is 8.61. The van der Waals surface area contributed by atoms with Crippen molar-refractivity contribution in [1.82, 2.24) is 4.90 Å². The maximum atomic E-state index is 12.9. The molecule has 0 aromatic heterocycles. The molecule has 1 aromatic carbocycles. The maximum absolute atomic E-state index is 12.9. The molecule has 2 fully saturated rings. The van der Waals surface area contributed by atoms with Crippen molar-refractivity contribution >= 4 is 11.6 Å². The van der Waals surface area contributed by atoms with Crippen LogP contribution in [0.25, 0.3) is 0 Å². The average molecular weight is 312 g/mol. The molecule has 1 amide bonds. The number of fused-ring (bicyclic) bond motifs is 4. The molecule has 1 spiro atoms. The van der Waals surface area contributed by atoms with Gasteiger partial charge < -0.3 is 10.4 Å². The molecule has 1 aromatic rings. The van der Waals surface area contributed by atoms with E-state index in [-0.39, 0.29) is 18.6 Å². The molecule has 3 unspecified atom stereocenters. The third-order valence-corrected chi connectivity index (χ3v) is 6.13. The van der Waals surface area contributed by atoms with E-state index in [2.05, 4.69) is 29.3 Å². The van der Waals surface area contributed by atoms with Crippen LogP contribution >= 0.6 is 0 Å². The van der Waals surface area contributed by atoms with Crippen LogP contribution in [-0.4, -0.2) is 41.7 Å². The zero-order valence-electron chi connectivity index (χ0n) is 13.6. The van der Waals surface area contributed by atoms with Crippen LogP contribution in [0, 0.1) is 5.92 Å². The molecule has 2 N–H and O–H groups in total. The minimum Gasteiger partial charge on any atom is -0.396 e. The van der Waals surface area contributed by atoms with E-state index in [1.807, 2.05) is 18.2 Å². The second-order valence-corrected chi connectivity index (χ2v) is 7.02. The number of hydrogen-bond acceptors (Lipinski definition) is 3. The smallest absolute Gasteiger partial charge is 0.236 e. The molecule has 122 valence electrons. The Labute approximate surface area is 137 Å². The third kappa shape index (κ3) is 2.01. The quantitative estimate of drug-likeness (QED) is 0.824. The zero-order valence-corrected chi connectivity index (χ0v) is 13.6. The van der Waals surface area contributed by atoms with Crippen LogP contribution in [0.1, 0.15) is 31.7 Å². The van der Waals surface area contributed by atoms with Gasteiger partial charge in [0.05, 0.1) is 5.41 Å². The van der Waals surface area contributed by atoms with Gasteiger partial charge in [-0.05, 0) is 43.7 Å². The summed E-state index contributed by atoms with van der Waals surface area (Å²) in [5.74, 6) is 0.555. The number of aliphatic hydroxyl groups excluding tert-OH is 1. The van der Waals surface area contributed by atoms with Gasteiger partial charge in [-0.15, -0.1) is 0 Å². The van der Waals surface area contributed by atoms with Crippen molar-refractivity contribution in [2.75, 3.05) is 25.0 Å². The van der Waals surface area contributed by atoms with Crippen molar-refractivity contribution in [3.05, 3.63) is 41.5 Å². The van der Waals surface area contributed by atoms with Crippen molar-refractivity contribution in [3.8, 4) is 0 Å². The Hall–Kier alpha value is -1.65. The molecule has 4 nitrogen and oxygen atoms in total. The van der Waals surface area contributed by atoms with Gasteiger partial charge in [0.25, 0.3) is 0 Å². The Kier molecular flexibility index (Phi) is 3.54. The normalized spacial score (nSPS) is 34.7. The van der Waals surface area contributed by atoms with Gasteiger partial charge >= 0.3 is 0 Å². The number of carbonyl (C=O) groups excluding carboxylic acids is 1. The van der Waals surface area contributed by atoms with Crippen LogP contribution in [0.5, 0.6) is 0 Å². The van der Waals surface area contributed by atoms with E-state index in [0.29, 0.717) is 5.92 Å². The van der Waals surface area contributed by atoms with Gasteiger partial charge in [-0.1, -0.05) is 29.8 Å². The van der Waals surface area contributed by atoms with Crippen molar-refractivity contribution in [2.45, 2.75) is 37.6 Å². The van der Waals surface area contributed by atoms with E-state index in [1.54, 1.807) is 0 Å². The number of carbonyl (C=O) groups is 1. The van der Waals surface area contributed by atoms with E-state index in [9.17, 15) is 9.90 Å². The van der Waals surface area contributed by atoms with Crippen LogP contribution in [-0.2, 0) is 10.2 Å². The van der Waals surface area contributed by atoms with Crippen LogP contribution in [0.3, 0.4) is 0 Å². The first-order valence-corrected chi connectivity index (χ1v) is 8.61. The highest BCUT2D eigenvalue weighted by Crippen LogP contribution is 2.52. The van der Waals surface area contributed by atoms with Crippen molar-refractivity contribution in [2.24, 2.45) is 5.92 Å². The van der Waals surface area contributed by atoms with Gasteiger partial charge in [0.1, 0.15) is 0 Å². The number of allylic oxidation sites excluding steroid dienone is 1. The van der Waals surface area contributed by atoms with Gasteiger partial charge in [-0.25, -0.2) is 0 Å². The lowest BCUT2D eigenvalue weighted by atomic mass is 9.70. The summed E-state index contributed by atoms with van der Waals surface area (Å²) in [4.78, 5) is 15.4. The Morgan fingerprint density at radius 3 is 3.04 bits per heavy atom. The molecule has 3 heterocycles. The number of para-hydroxylation sites is 1. The van der Waals surface area contributed by atoms with Gasteiger partial charge in [0.15, 0.2) is 0 Å². The Balaban J connectivity index is 1.74. The highest BCUT2D eigenvalue weighted by molar-refractivity contribution is 6.07. The maximum Gasteiger partial charge on any atom is 0.236 e. The van der Waals surface area contributed by atoms with Crippen LogP contribution in [0.4, 0.5) is 5.69 Å². The van der Waals surface area contributed by atoms with Crippen LogP contribution in [0.2, 0.25) is 0 Å². The minimum absolute atomic E-state index is 0.165. The fourth-order valence-corrected chi connectivity index (χ4v) is 4.98. The monoisotopic (exact) mass is 312 g/mol. The summed E-state index contributed by atoms with van der Waals surface area (Å²) >= 11 is 0. The average Bonchev–Trinajstić information content (AvgIpc) is 3.07. The SMILES string of the molecule is CC=C1CN2CCC3(C(=O)Nc4ccccc43)C2CC1CCO. The summed E-state index contributed by atoms with van der Waals surface area (Å²) in [5, 5.41) is 12.5. The predicted octanol–water partition coefficient (Wildman–Crippen LogP) is 2.30. The largest absolute Gasteiger partial charge is 0.396 e. The lowest BCUT2D eigenvalue weighted by Crippen LogP contribution is -2.51. The highest BCUT2D eigenvalue weighted by atomic mass is 16.3. The Bertz CT molecular complexity index is 669. The van der Waals surface area contributed by atoms with Crippen LogP contribution in [0.15, 0.2) is 35.9 Å². The molecule has 23 heavy (non-hydrogen) atoms. The van der Waals surface area contributed by atoms with Gasteiger partial charge in [0, 0.05) is 31.4 Å². The molecule has 3 aliphatic heterocycles. The summed E-state index contributed by atoms with van der Waals surface area (Å²) < 4.78 is 0. The molecule has 0 bridgehead atoms. The number of amides is 1. The summed E-state index contributed by atoms with van der Waals surface area (Å²) in [7, 11) is 0. The zero-order chi connectivity index (χ0) is 16.0. The standard InChI is InChI=1S/C19H24N2O2/c1-2-13-12-21-9-8-19(17(21)11-14(13)7-10-22)15-5-3-4-6-16(15)20-18(19)23/h2-6,14,17,22H,7-12H2,1H3,(H,20,23). The summed E-state index contributed by atoms with van der Waals surface area (Å²) in [6.07, 6.45) is 4.85. The van der Waals surface area contributed by atoms with E-state index in [0.717, 1.165) is 38.0 Å². The summed E-state index contributed by atoms with van der Waals surface area (Å²) in [6, 6.07) is 8.39. The first kappa shape index (κ1) is 14.9. The van der Waals surface area contributed by atoms with E-state index in [4.69, 9.17) is 0 Å². The Morgan fingerprint density at radius 2 is 2.26 bits per heavy atom. The number of nitrogens with zero attached hydrogens (tertiary/aromatic N) is 1. The third-order valence-electron chi connectivity index (χ3n) is 6.13. The summed E-state index contributed by atoms with van der Waals surface area (Å²) in [6.45, 7) is 4.20. The lowest BCUT2D eigenvalue weighted by Gasteiger charge is -2.42. The Morgan fingerprint density at radius 1 is 1.43 bits per heavy atom. The number of hydrogen-bond donors (Lipinski definition) is 2. The minimum atomic E-state index is -0.399. The van der Waals surface area contributed by atoms with Gasteiger partial charge in [-0.3, -0.25) is 9.69 Å². The van der Waals surface area contributed by atoms with Gasteiger partial charge in [-0.2, -0.15) is 0 Å². The van der Waals surface area contributed by atoms with Crippen LogP contribution < -0.4 is 5.32 Å². The topological polar surface area (TPSA) is 52.6 Å². The lowest BCUT2D eigenvalue weighted by molar-refractivity contribution is -0.122. The second kappa shape index (κ2) is 5.46. The van der Waals surface area contributed by atoms with Gasteiger partial charge in [0.2, 0.25) is 5.91 Å². The molecule has 2 saturated heterocycles. The highest BCUT2D eigenvalue weighted by Gasteiger charge is 2.58. The number of piperidine rings is 1. The van der Waals surface area contributed by atoms with Crippen molar-refractivity contribution < 1.29 is 9.90 Å². The molecule has 0 radical (unpaired) electrons. The fourth-order valence-electron chi connectivity index (χ4n) is 4.98. The molecular weight excluding hydrogens is 288 g/mol. The van der Waals surface area contributed by atoms with E-state index >= 15 is 0 Å². The number of aliphatic hydroxyl groups is 1. The molecule has 0 aliphatic carbocycles. The van der Waals surface area contributed by atoms with Crippen molar-refractivity contribution in [1.29, 1.82) is 0 Å². The summed E-state index contributed by atoms with van der Waals surface area (Å²) in [5.41, 5.74) is 3.17. The van der Waals surface area contributed by atoms with Crippen molar-refractivity contribution in [3.63, 3.8) is 0 Å². The first-order chi connectivity index (χ1) is 11.2. The molecule has 4 heteroatoms. The number of anilines is 1. The van der Waals surface area contributed by atoms with E-state index < -0.39 is 5.41 Å². The molecule has 0 saturated carbocycles. The molecule has 3 aliphatic rings.